The molecule has 6 nitrogen and oxygen atoms in total. The number of rotatable bonds is 7. The number of aryl methyl sites for hydroxylation is 3. The van der Waals surface area contributed by atoms with E-state index in [2.05, 4.69) is 72.4 Å². The number of hydrogen-bond donors (Lipinski definition) is 2. The maximum Gasteiger partial charge on any atom is 0.339 e. The van der Waals surface area contributed by atoms with Crippen LogP contribution in [0.5, 0.6) is 5.75 Å². The summed E-state index contributed by atoms with van der Waals surface area (Å²) < 4.78 is 7.79. The van der Waals surface area contributed by atoms with Crippen molar-refractivity contribution in [3.05, 3.63) is 76.6 Å². The predicted octanol–water partition coefficient (Wildman–Crippen LogP) is 5.52. The highest BCUT2D eigenvalue weighted by atomic mass is 16.5. The lowest BCUT2D eigenvalue weighted by Crippen LogP contribution is -2.24. The molecule has 162 valence electrons. The van der Waals surface area contributed by atoms with Gasteiger partial charge >= 0.3 is 6.03 Å². The van der Waals surface area contributed by atoms with Crippen molar-refractivity contribution in [2.24, 2.45) is 5.10 Å². The fourth-order valence-corrected chi connectivity index (χ4v) is 3.75. The van der Waals surface area contributed by atoms with Crippen molar-refractivity contribution >= 4 is 17.9 Å². The van der Waals surface area contributed by atoms with Gasteiger partial charge in [-0.25, -0.2) is 10.2 Å². The third-order valence-corrected chi connectivity index (χ3v) is 5.20. The SMILES string of the molecule is CCOc1ccccc1NC(=O)N/N=C/c1cc(C)n(-c2c(C)cccc2CC)c1C. The molecule has 0 aliphatic rings. The van der Waals surface area contributed by atoms with E-state index in [9.17, 15) is 4.79 Å². The Morgan fingerprint density at radius 1 is 1.10 bits per heavy atom. The van der Waals surface area contributed by atoms with Crippen LogP contribution >= 0.6 is 0 Å². The van der Waals surface area contributed by atoms with Gasteiger partial charge in [-0.05, 0) is 63.4 Å². The van der Waals surface area contributed by atoms with Crippen LogP contribution in [0.4, 0.5) is 10.5 Å². The largest absolute Gasteiger partial charge is 0.492 e. The first-order valence-corrected chi connectivity index (χ1v) is 10.6. The second-order valence-electron chi connectivity index (χ2n) is 7.35. The number of nitrogens with one attached hydrogen (secondary N) is 2. The summed E-state index contributed by atoms with van der Waals surface area (Å²) >= 11 is 0. The topological polar surface area (TPSA) is 67.7 Å². The van der Waals surface area contributed by atoms with E-state index in [1.54, 1.807) is 12.3 Å². The number of aromatic nitrogens is 1. The van der Waals surface area contributed by atoms with Crippen molar-refractivity contribution in [3.63, 3.8) is 0 Å². The first-order valence-electron chi connectivity index (χ1n) is 10.6. The van der Waals surface area contributed by atoms with Gasteiger partial charge in [0.2, 0.25) is 0 Å². The highest BCUT2D eigenvalue weighted by Crippen LogP contribution is 2.26. The van der Waals surface area contributed by atoms with E-state index in [0.29, 0.717) is 18.0 Å². The number of anilines is 1. The molecule has 0 fully saturated rings. The van der Waals surface area contributed by atoms with E-state index < -0.39 is 6.03 Å². The van der Waals surface area contributed by atoms with E-state index >= 15 is 0 Å². The molecule has 2 amide bonds. The van der Waals surface area contributed by atoms with Gasteiger partial charge in [-0.3, -0.25) is 0 Å². The van der Waals surface area contributed by atoms with Gasteiger partial charge in [0.05, 0.1) is 24.2 Å². The maximum atomic E-state index is 12.3. The summed E-state index contributed by atoms with van der Waals surface area (Å²) in [7, 11) is 0. The summed E-state index contributed by atoms with van der Waals surface area (Å²) in [5, 5.41) is 6.91. The summed E-state index contributed by atoms with van der Waals surface area (Å²) in [6, 6.07) is 15.4. The number of amides is 2. The second kappa shape index (κ2) is 9.98. The van der Waals surface area contributed by atoms with E-state index in [-0.39, 0.29) is 0 Å². The quantitative estimate of drug-likeness (QED) is 0.392. The molecule has 31 heavy (non-hydrogen) atoms. The van der Waals surface area contributed by atoms with Crippen molar-refractivity contribution in [2.75, 3.05) is 11.9 Å². The number of ether oxygens (including phenoxy) is 1. The molecule has 2 aromatic carbocycles. The van der Waals surface area contributed by atoms with Crippen LogP contribution in [-0.2, 0) is 6.42 Å². The Morgan fingerprint density at radius 3 is 2.61 bits per heavy atom. The maximum absolute atomic E-state index is 12.3. The van der Waals surface area contributed by atoms with Crippen molar-refractivity contribution in [3.8, 4) is 11.4 Å². The molecule has 0 spiro atoms. The molecule has 3 aromatic rings. The monoisotopic (exact) mass is 418 g/mol. The first-order chi connectivity index (χ1) is 15.0. The van der Waals surface area contributed by atoms with Gasteiger partial charge in [0, 0.05) is 17.0 Å². The number of hydrazone groups is 1. The Hall–Kier alpha value is -3.54. The number of carbonyl (C=O) groups is 1. The van der Waals surface area contributed by atoms with Gasteiger partial charge in [0.25, 0.3) is 0 Å². The van der Waals surface area contributed by atoms with Crippen molar-refractivity contribution < 1.29 is 9.53 Å². The normalized spacial score (nSPS) is 11.0. The van der Waals surface area contributed by atoms with Crippen LogP contribution in [0, 0.1) is 20.8 Å². The molecule has 1 aromatic heterocycles. The Balaban J connectivity index is 1.76. The Labute approximate surface area is 183 Å². The van der Waals surface area contributed by atoms with E-state index in [1.807, 2.05) is 25.1 Å². The van der Waals surface area contributed by atoms with E-state index in [4.69, 9.17) is 4.74 Å². The van der Waals surface area contributed by atoms with Crippen molar-refractivity contribution in [2.45, 2.75) is 41.0 Å². The molecule has 0 bridgehead atoms. The zero-order chi connectivity index (χ0) is 22.4. The average molecular weight is 419 g/mol. The molecule has 2 N–H and O–H groups in total. The highest BCUT2D eigenvalue weighted by molar-refractivity contribution is 5.92. The van der Waals surface area contributed by atoms with Crippen LogP contribution in [0.1, 0.15) is 41.9 Å². The zero-order valence-electron chi connectivity index (χ0n) is 18.8. The minimum absolute atomic E-state index is 0.426. The number of hydrogen-bond acceptors (Lipinski definition) is 3. The van der Waals surface area contributed by atoms with Crippen molar-refractivity contribution in [1.29, 1.82) is 0 Å². The minimum Gasteiger partial charge on any atom is -0.492 e. The molecule has 0 unspecified atom stereocenters. The fraction of sp³-hybridized carbons (Fsp3) is 0.280. The van der Waals surface area contributed by atoms with Gasteiger partial charge in [-0.2, -0.15) is 5.10 Å². The number of urea groups is 1. The second-order valence-corrected chi connectivity index (χ2v) is 7.35. The third kappa shape index (κ3) is 4.97. The standard InChI is InChI=1S/C25H30N4O2/c1-6-20-12-10-11-17(3)24(20)29-18(4)15-21(19(29)5)16-26-28-25(30)27-22-13-8-9-14-23(22)31-7-2/h8-16H,6-7H2,1-5H3,(H2,27,28,30)/b26-16+. The number of benzene rings is 2. The minimum atomic E-state index is -0.426. The molecule has 0 saturated heterocycles. The number of nitrogens with zero attached hydrogens (tertiary/aromatic N) is 2. The molecule has 0 aliphatic carbocycles. The van der Waals surface area contributed by atoms with Crippen molar-refractivity contribution in [1.82, 2.24) is 9.99 Å². The molecule has 0 saturated carbocycles. The lowest BCUT2D eigenvalue weighted by atomic mass is 10.1. The first kappa shape index (κ1) is 22.2. The molecular weight excluding hydrogens is 388 g/mol. The van der Waals surface area contributed by atoms with Gasteiger partial charge in [-0.15, -0.1) is 0 Å². The van der Waals surface area contributed by atoms with Crippen LogP contribution in [0.3, 0.4) is 0 Å². The van der Waals surface area contributed by atoms with E-state index in [1.165, 1.54) is 16.8 Å². The molecule has 0 atom stereocenters. The summed E-state index contributed by atoms with van der Waals surface area (Å²) in [5.74, 6) is 0.623. The third-order valence-electron chi connectivity index (χ3n) is 5.20. The summed E-state index contributed by atoms with van der Waals surface area (Å²) in [5.41, 5.74) is 10.0. The van der Waals surface area contributed by atoms with Crippen LogP contribution in [0.25, 0.3) is 5.69 Å². The molecular formula is C25H30N4O2. The number of para-hydroxylation sites is 3. The zero-order valence-corrected chi connectivity index (χ0v) is 18.8. The lowest BCUT2D eigenvalue weighted by molar-refractivity contribution is 0.252. The molecule has 6 heteroatoms. The average Bonchev–Trinajstić information content (AvgIpc) is 3.02. The fourth-order valence-electron chi connectivity index (χ4n) is 3.75. The van der Waals surface area contributed by atoms with Crippen LogP contribution in [0.15, 0.2) is 53.6 Å². The highest BCUT2D eigenvalue weighted by Gasteiger charge is 2.14. The molecule has 1 heterocycles. The van der Waals surface area contributed by atoms with E-state index in [0.717, 1.165) is 23.4 Å². The summed E-state index contributed by atoms with van der Waals surface area (Å²) in [6.07, 6.45) is 2.64. The van der Waals surface area contributed by atoms with Gasteiger partial charge in [-0.1, -0.05) is 37.3 Å². The Bertz CT molecular complexity index is 1100. The molecule has 0 aliphatic heterocycles. The number of carbonyl (C=O) groups excluding carboxylic acids is 1. The van der Waals surface area contributed by atoms with Crippen LogP contribution in [-0.4, -0.2) is 23.4 Å². The Kier molecular flexibility index (Phi) is 7.13. The lowest BCUT2D eigenvalue weighted by Gasteiger charge is -2.17. The Morgan fingerprint density at radius 2 is 1.87 bits per heavy atom. The van der Waals surface area contributed by atoms with Crippen LogP contribution < -0.4 is 15.5 Å². The smallest absolute Gasteiger partial charge is 0.339 e. The van der Waals surface area contributed by atoms with Gasteiger partial charge < -0.3 is 14.6 Å². The van der Waals surface area contributed by atoms with Gasteiger partial charge in [0.15, 0.2) is 0 Å². The van der Waals surface area contributed by atoms with Gasteiger partial charge in [0.1, 0.15) is 5.75 Å². The predicted molar refractivity (Wildman–Crippen MR) is 127 cm³/mol. The molecule has 0 radical (unpaired) electrons. The summed E-state index contributed by atoms with van der Waals surface area (Å²) in [4.78, 5) is 12.3. The summed E-state index contributed by atoms with van der Waals surface area (Å²) in [6.45, 7) is 10.9. The van der Waals surface area contributed by atoms with Crippen LogP contribution in [0.2, 0.25) is 0 Å². The molecule has 3 rings (SSSR count).